The molecule has 0 bridgehead atoms. The van der Waals surface area contributed by atoms with Crippen LogP contribution in [0.5, 0.6) is 0 Å². The van der Waals surface area contributed by atoms with Crippen LogP contribution >= 0.6 is 0 Å². The van der Waals surface area contributed by atoms with Crippen LogP contribution in [0.3, 0.4) is 0 Å². The molecule has 3 heteroatoms. The number of hydrogen-bond acceptors (Lipinski definition) is 2. The highest BCUT2D eigenvalue weighted by atomic mass is 16.1. The maximum atomic E-state index is 11.8. The lowest BCUT2D eigenvalue weighted by Crippen LogP contribution is -2.41. The second-order valence-electron chi connectivity index (χ2n) is 6.38. The molecule has 0 saturated heterocycles. The van der Waals surface area contributed by atoms with E-state index in [1.54, 1.807) is 0 Å². The Labute approximate surface area is 106 Å². The average molecular weight is 240 g/mol. The lowest BCUT2D eigenvalue weighted by atomic mass is 9.75. The molecule has 3 nitrogen and oxygen atoms in total. The summed E-state index contributed by atoms with van der Waals surface area (Å²) in [5.41, 5.74) is 0.395. The molecule has 1 atom stereocenters. The summed E-state index contributed by atoms with van der Waals surface area (Å²) in [7, 11) is 0. The Morgan fingerprint density at radius 2 is 2.12 bits per heavy atom. The van der Waals surface area contributed by atoms with Gasteiger partial charge in [0.25, 0.3) is 0 Å². The minimum absolute atomic E-state index is 0.195. The van der Waals surface area contributed by atoms with E-state index in [-0.39, 0.29) is 5.91 Å². The summed E-state index contributed by atoms with van der Waals surface area (Å²) >= 11 is 0. The SMILES string of the molecule is CC(C)NCCC(=O)NC1CCCC(C)(C)C1. The van der Waals surface area contributed by atoms with Gasteiger partial charge in [-0.3, -0.25) is 4.79 Å². The van der Waals surface area contributed by atoms with E-state index >= 15 is 0 Å². The first-order valence-corrected chi connectivity index (χ1v) is 6.92. The fourth-order valence-electron chi connectivity index (χ4n) is 2.60. The number of rotatable bonds is 5. The summed E-state index contributed by atoms with van der Waals surface area (Å²) in [6.45, 7) is 9.57. The maximum absolute atomic E-state index is 11.8. The molecule has 1 unspecified atom stereocenters. The summed E-state index contributed by atoms with van der Waals surface area (Å²) in [6, 6.07) is 0.849. The highest BCUT2D eigenvalue weighted by Crippen LogP contribution is 2.34. The molecule has 2 N–H and O–H groups in total. The summed E-state index contributed by atoms with van der Waals surface area (Å²) in [6.07, 6.45) is 5.38. The molecule has 1 rings (SSSR count). The largest absolute Gasteiger partial charge is 0.353 e. The van der Waals surface area contributed by atoms with E-state index < -0.39 is 0 Å². The topological polar surface area (TPSA) is 41.1 Å². The van der Waals surface area contributed by atoms with E-state index in [0.717, 1.165) is 19.4 Å². The van der Waals surface area contributed by atoms with Crippen LogP contribution in [0.25, 0.3) is 0 Å². The van der Waals surface area contributed by atoms with Gasteiger partial charge >= 0.3 is 0 Å². The molecule has 1 aliphatic carbocycles. The molecular weight excluding hydrogens is 212 g/mol. The molecule has 100 valence electrons. The highest BCUT2D eigenvalue weighted by molar-refractivity contribution is 5.76. The number of nitrogens with one attached hydrogen (secondary N) is 2. The molecule has 0 radical (unpaired) electrons. The molecule has 0 aromatic rings. The Morgan fingerprint density at radius 3 is 2.71 bits per heavy atom. The third-order valence-electron chi connectivity index (χ3n) is 3.47. The van der Waals surface area contributed by atoms with Crippen molar-refractivity contribution in [1.82, 2.24) is 10.6 Å². The number of hydrogen-bond donors (Lipinski definition) is 2. The Morgan fingerprint density at radius 1 is 1.41 bits per heavy atom. The van der Waals surface area contributed by atoms with E-state index in [9.17, 15) is 4.79 Å². The van der Waals surface area contributed by atoms with Crippen LogP contribution < -0.4 is 10.6 Å². The Kier molecular flexibility index (Phi) is 5.44. The molecule has 17 heavy (non-hydrogen) atoms. The Bertz CT molecular complexity index is 249. The van der Waals surface area contributed by atoms with Crippen LogP contribution in [0, 0.1) is 5.41 Å². The Hall–Kier alpha value is -0.570. The quantitative estimate of drug-likeness (QED) is 0.775. The van der Waals surface area contributed by atoms with E-state index in [1.807, 2.05) is 0 Å². The average Bonchev–Trinajstić information content (AvgIpc) is 2.14. The summed E-state index contributed by atoms with van der Waals surface area (Å²) in [5.74, 6) is 0.195. The first kappa shape index (κ1) is 14.5. The number of amides is 1. The van der Waals surface area contributed by atoms with Gasteiger partial charge in [-0.25, -0.2) is 0 Å². The standard InChI is InChI=1S/C14H28N2O/c1-11(2)15-9-7-13(17)16-12-6-5-8-14(3,4)10-12/h11-12,15H,5-10H2,1-4H3,(H,16,17). The summed E-state index contributed by atoms with van der Waals surface area (Å²) in [4.78, 5) is 11.8. The molecule has 1 saturated carbocycles. The molecule has 0 spiro atoms. The van der Waals surface area contributed by atoms with Gasteiger partial charge in [-0.2, -0.15) is 0 Å². The maximum Gasteiger partial charge on any atom is 0.221 e. The van der Waals surface area contributed by atoms with Gasteiger partial charge in [-0.05, 0) is 24.7 Å². The number of carbonyl (C=O) groups is 1. The minimum atomic E-state index is 0.195. The highest BCUT2D eigenvalue weighted by Gasteiger charge is 2.28. The van der Waals surface area contributed by atoms with E-state index in [2.05, 4.69) is 38.3 Å². The van der Waals surface area contributed by atoms with Gasteiger partial charge in [0.15, 0.2) is 0 Å². The monoisotopic (exact) mass is 240 g/mol. The van der Waals surface area contributed by atoms with Gasteiger partial charge in [0.05, 0.1) is 0 Å². The van der Waals surface area contributed by atoms with Crippen LogP contribution in [0.1, 0.15) is 59.8 Å². The van der Waals surface area contributed by atoms with Crippen molar-refractivity contribution in [1.29, 1.82) is 0 Å². The first-order chi connectivity index (χ1) is 7.89. The summed E-state index contributed by atoms with van der Waals surface area (Å²) in [5, 5.41) is 6.44. The molecule has 1 aliphatic rings. The van der Waals surface area contributed by atoms with E-state index in [4.69, 9.17) is 0 Å². The Balaban J connectivity index is 2.22. The zero-order chi connectivity index (χ0) is 12.9. The lowest BCUT2D eigenvalue weighted by molar-refractivity contribution is -0.122. The third-order valence-corrected chi connectivity index (χ3v) is 3.47. The molecule has 1 fully saturated rings. The van der Waals surface area contributed by atoms with Crippen molar-refractivity contribution in [3.63, 3.8) is 0 Å². The predicted octanol–water partition coefficient (Wildman–Crippen LogP) is 2.46. The second-order valence-corrected chi connectivity index (χ2v) is 6.38. The summed E-state index contributed by atoms with van der Waals surface area (Å²) < 4.78 is 0. The fourth-order valence-corrected chi connectivity index (χ4v) is 2.60. The molecule has 1 amide bonds. The second kappa shape index (κ2) is 6.39. The lowest BCUT2D eigenvalue weighted by Gasteiger charge is -2.35. The van der Waals surface area contributed by atoms with Crippen molar-refractivity contribution in [3.8, 4) is 0 Å². The van der Waals surface area contributed by atoms with Crippen molar-refractivity contribution in [2.75, 3.05) is 6.54 Å². The van der Waals surface area contributed by atoms with Gasteiger partial charge in [0, 0.05) is 25.0 Å². The molecule has 0 aliphatic heterocycles. The van der Waals surface area contributed by atoms with Crippen molar-refractivity contribution in [2.24, 2.45) is 5.41 Å². The molecule has 0 heterocycles. The molecule has 0 aromatic carbocycles. The number of carbonyl (C=O) groups excluding carboxylic acids is 1. The van der Waals surface area contributed by atoms with Gasteiger partial charge in [0.2, 0.25) is 5.91 Å². The van der Waals surface area contributed by atoms with Crippen molar-refractivity contribution in [2.45, 2.75) is 71.9 Å². The van der Waals surface area contributed by atoms with Crippen LogP contribution in [0.15, 0.2) is 0 Å². The fraction of sp³-hybridized carbons (Fsp3) is 0.929. The zero-order valence-electron chi connectivity index (χ0n) is 11.8. The van der Waals surface area contributed by atoms with Gasteiger partial charge in [-0.1, -0.05) is 34.1 Å². The first-order valence-electron chi connectivity index (χ1n) is 6.92. The molecular formula is C14H28N2O. The van der Waals surface area contributed by atoms with Gasteiger partial charge in [0.1, 0.15) is 0 Å². The van der Waals surface area contributed by atoms with Crippen molar-refractivity contribution >= 4 is 5.91 Å². The van der Waals surface area contributed by atoms with Gasteiger partial charge < -0.3 is 10.6 Å². The third kappa shape index (κ3) is 6.06. The van der Waals surface area contributed by atoms with E-state index in [0.29, 0.717) is 23.9 Å². The smallest absolute Gasteiger partial charge is 0.221 e. The van der Waals surface area contributed by atoms with Crippen LogP contribution in [0.4, 0.5) is 0 Å². The van der Waals surface area contributed by atoms with Crippen LogP contribution in [-0.2, 0) is 4.79 Å². The van der Waals surface area contributed by atoms with Crippen molar-refractivity contribution < 1.29 is 4.79 Å². The zero-order valence-corrected chi connectivity index (χ0v) is 11.8. The minimum Gasteiger partial charge on any atom is -0.353 e. The molecule has 0 aromatic heterocycles. The predicted molar refractivity (Wildman–Crippen MR) is 71.9 cm³/mol. The normalized spacial score (nSPS) is 23.7. The van der Waals surface area contributed by atoms with E-state index in [1.165, 1.54) is 12.8 Å². The van der Waals surface area contributed by atoms with Gasteiger partial charge in [-0.15, -0.1) is 0 Å². The van der Waals surface area contributed by atoms with Crippen molar-refractivity contribution in [3.05, 3.63) is 0 Å². The van der Waals surface area contributed by atoms with Crippen LogP contribution in [0.2, 0.25) is 0 Å². The van der Waals surface area contributed by atoms with Crippen LogP contribution in [-0.4, -0.2) is 24.5 Å².